The molecular formula is C13H20ClN3O. The highest BCUT2D eigenvalue weighted by Crippen LogP contribution is 2.19. The number of aromatic nitrogens is 2. The monoisotopic (exact) mass is 269 g/mol. The second-order valence-electron chi connectivity index (χ2n) is 3.72. The van der Waals surface area contributed by atoms with Crippen molar-refractivity contribution in [2.75, 3.05) is 0 Å². The van der Waals surface area contributed by atoms with E-state index < -0.39 is 0 Å². The first kappa shape index (κ1) is 16.4. The zero-order valence-corrected chi connectivity index (χ0v) is 11.8. The van der Waals surface area contributed by atoms with Crippen LogP contribution in [0.1, 0.15) is 25.2 Å². The summed E-state index contributed by atoms with van der Waals surface area (Å²) in [5.74, 6) is 1.17. The van der Waals surface area contributed by atoms with Crippen LogP contribution in [-0.4, -0.2) is 16.0 Å². The number of rotatable bonds is 2. The predicted molar refractivity (Wildman–Crippen MR) is 77.0 cm³/mol. The van der Waals surface area contributed by atoms with Crippen molar-refractivity contribution in [2.45, 2.75) is 26.7 Å². The van der Waals surface area contributed by atoms with Gasteiger partial charge in [-0.3, -0.25) is 4.79 Å². The van der Waals surface area contributed by atoms with Gasteiger partial charge in [0, 0.05) is 13.5 Å². The van der Waals surface area contributed by atoms with Gasteiger partial charge in [-0.25, -0.2) is 4.98 Å². The van der Waals surface area contributed by atoms with Crippen molar-refractivity contribution >= 4 is 29.9 Å². The highest BCUT2D eigenvalue weighted by molar-refractivity contribution is 5.85. The van der Waals surface area contributed by atoms with Crippen LogP contribution in [0.15, 0.2) is 18.2 Å². The number of carbonyl (C=O) groups is 1. The molecule has 2 N–H and O–H groups in total. The van der Waals surface area contributed by atoms with E-state index in [0.29, 0.717) is 0 Å². The van der Waals surface area contributed by atoms with Crippen LogP contribution in [0.5, 0.6) is 0 Å². The number of primary amides is 1. The van der Waals surface area contributed by atoms with Gasteiger partial charge in [0.15, 0.2) is 0 Å². The molecule has 4 nitrogen and oxygen atoms in total. The molecule has 1 amide bonds. The van der Waals surface area contributed by atoms with Gasteiger partial charge >= 0.3 is 0 Å². The Morgan fingerprint density at radius 1 is 1.33 bits per heavy atom. The molecule has 1 aromatic heterocycles. The van der Waals surface area contributed by atoms with E-state index in [9.17, 15) is 0 Å². The van der Waals surface area contributed by atoms with Gasteiger partial charge < -0.3 is 10.3 Å². The van der Waals surface area contributed by atoms with Gasteiger partial charge in [-0.1, -0.05) is 26.0 Å². The largest absolute Gasteiger partial charge is 0.372 e. The molecule has 2 aromatic rings. The quantitative estimate of drug-likeness (QED) is 0.850. The molecule has 0 aliphatic rings. The standard InChI is InChI=1S/C12H16N2.CH3NO.ClH/c1-4-9-7-6-8-10-12(9)13-11(5-2)14(10)3;2-1-3;/h6-8H,4-5H2,1-3H3;1H,(H2,2,3);1H. The topological polar surface area (TPSA) is 60.9 Å². The van der Waals surface area contributed by atoms with Crippen LogP contribution in [0.25, 0.3) is 11.0 Å². The number of amides is 1. The summed E-state index contributed by atoms with van der Waals surface area (Å²) < 4.78 is 2.19. The van der Waals surface area contributed by atoms with E-state index in [1.807, 2.05) is 0 Å². The number of aryl methyl sites for hydroxylation is 3. The van der Waals surface area contributed by atoms with Crippen LogP contribution < -0.4 is 5.73 Å². The lowest BCUT2D eigenvalue weighted by Crippen LogP contribution is -1.94. The Morgan fingerprint density at radius 3 is 2.44 bits per heavy atom. The number of nitrogens with two attached hydrogens (primary N) is 1. The van der Waals surface area contributed by atoms with Gasteiger partial charge in [-0.2, -0.15) is 0 Å². The SMILES string of the molecule is CCc1cccc2c1nc(CC)n2C.Cl.NC=O. The van der Waals surface area contributed by atoms with Crippen molar-refractivity contribution in [2.24, 2.45) is 12.8 Å². The first-order valence-corrected chi connectivity index (χ1v) is 5.78. The molecule has 0 atom stereocenters. The lowest BCUT2D eigenvalue weighted by atomic mass is 10.1. The highest BCUT2D eigenvalue weighted by Gasteiger charge is 2.07. The van der Waals surface area contributed by atoms with Crippen LogP contribution in [0, 0.1) is 0 Å². The summed E-state index contributed by atoms with van der Waals surface area (Å²) in [6.45, 7) is 4.32. The molecule has 0 saturated carbocycles. The molecule has 0 bridgehead atoms. The number of para-hydroxylation sites is 1. The van der Waals surface area contributed by atoms with Gasteiger partial charge in [0.05, 0.1) is 11.0 Å². The Hall–Kier alpha value is -1.55. The molecular weight excluding hydrogens is 250 g/mol. The maximum atomic E-state index is 8.58. The molecule has 0 unspecified atom stereocenters. The predicted octanol–water partition coefficient (Wildman–Crippen LogP) is 2.22. The molecule has 5 heteroatoms. The van der Waals surface area contributed by atoms with E-state index in [2.05, 4.69) is 54.4 Å². The first-order chi connectivity index (χ1) is 8.19. The maximum Gasteiger partial charge on any atom is 0.204 e. The summed E-state index contributed by atoms with van der Waals surface area (Å²) in [6.07, 6.45) is 2.30. The van der Waals surface area contributed by atoms with Gasteiger partial charge in [-0.15, -0.1) is 12.4 Å². The summed E-state index contributed by atoms with van der Waals surface area (Å²) >= 11 is 0. The number of imidazole rings is 1. The number of hydrogen-bond donors (Lipinski definition) is 1. The molecule has 2 rings (SSSR count). The molecule has 18 heavy (non-hydrogen) atoms. The van der Waals surface area contributed by atoms with Crippen LogP contribution in [0.4, 0.5) is 0 Å². The Kier molecular flexibility index (Phi) is 7.05. The molecule has 0 spiro atoms. The fraction of sp³-hybridized carbons (Fsp3) is 0.385. The fourth-order valence-corrected chi connectivity index (χ4v) is 1.92. The van der Waals surface area contributed by atoms with E-state index >= 15 is 0 Å². The van der Waals surface area contributed by atoms with E-state index in [-0.39, 0.29) is 18.8 Å². The summed E-state index contributed by atoms with van der Waals surface area (Å²) in [5, 5.41) is 0. The van der Waals surface area contributed by atoms with Gasteiger partial charge in [0.1, 0.15) is 5.82 Å². The number of halogens is 1. The second kappa shape index (κ2) is 7.71. The van der Waals surface area contributed by atoms with E-state index in [1.165, 1.54) is 22.4 Å². The van der Waals surface area contributed by atoms with Gasteiger partial charge in [-0.05, 0) is 18.1 Å². The Labute approximate surface area is 114 Å². The zero-order chi connectivity index (χ0) is 12.8. The molecule has 0 aliphatic heterocycles. The van der Waals surface area contributed by atoms with Crippen molar-refractivity contribution in [3.05, 3.63) is 29.6 Å². The third kappa shape index (κ3) is 3.23. The van der Waals surface area contributed by atoms with Crippen molar-refractivity contribution < 1.29 is 4.79 Å². The van der Waals surface area contributed by atoms with Crippen molar-refractivity contribution in [1.29, 1.82) is 0 Å². The molecule has 100 valence electrons. The van der Waals surface area contributed by atoms with Gasteiger partial charge in [0.2, 0.25) is 6.41 Å². The molecule has 0 aliphatic carbocycles. The van der Waals surface area contributed by atoms with E-state index in [4.69, 9.17) is 4.79 Å². The normalized spacial score (nSPS) is 9.28. The number of carbonyl (C=O) groups excluding carboxylic acids is 1. The summed E-state index contributed by atoms with van der Waals surface area (Å²) in [4.78, 5) is 13.2. The summed E-state index contributed by atoms with van der Waals surface area (Å²) in [5.41, 5.74) is 7.94. The zero-order valence-electron chi connectivity index (χ0n) is 11.0. The second-order valence-corrected chi connectivity index (χ2v) is 3.72. The number of hydrogen-bond acceptors (Lipinski definition) is 2. The Bertz CT molecular complexity index is 508. The van der Waals surface area contributed by atoms with Crippen molar-refractivity contribution in [1.82, 2.24) is 9.55 Å². The average Bonchev–Trinajstić information content (AvgIpc) is 2.67. The highest BCUT2D eigenvalue weighted by atomic mass is 35.5. The molecule has 0 saturated heterocycles. The third-order valence-corrected chi connectivity index (χ3v) is 2.78. The molecule has 0 fully saturated rings. The number of fused-ring (bicyclic) bond motifs is 1. The van der Waals surface area contributed by atoms with Crippen LogP contribution in [-0.2, 0) is 24.7 Å². The van der Waals surface area contributed by atoms with Crippen LogP contribution >= 0.6 is 12.4 Å². The Balaban J connectivity index is 0.000000660. The van der Waals surface area contributed by atoms with E-state index in [1.54, 1.807) is 0 Å². The lowest BCUT2D eigenvalue weighted by Gasteiger charge is -1.99. The lowest BCUT2D eigenvalue weighted by molar-refractivity contribution is -0.106. The molecule has 0 radical (unpaired) electrons. The molecule has 1 aromatic carbocycles. The average molecular weight is 270 g/mol. The summed E-state index contributed by atoms with van der Waals surface area (Å²) in [7, 11) is 2.09. The minimum atomic E-state index is 0. The first-order valence-electron chi connectivity index (χ1n) is 5.78. The minimum Gasteiger partial charge on any atom is -0.372 e. The molecule has 1 heterocycles. The van der Waals surface area contributed by atoms with Crippen LogP contribution in [0.3, 0.4) is 0 Å². The number of benzene rings is 1. The minimum absolute atomic E-state index is 0. The van der Waals surface area contributed by atoms with Crippen molar-refractivity contribution in [3.8, 4) is 0 Å². The Morgan fingerprint density at radius 2 is 1.94 bits per heavy atom. The fourth-order valence-electron chi connectivity index (χ4n) is 1.92. The maximum absolute atomic E-state index is 8.58. The third-order valence-electron chi connectivity index (χ3n) is 2.78. The van der Waals surface area contributed by atoms with Crippen LogP contribution in [0.2, 0.25) is 0 Å². The number of nitrogens with zero attached hydrogens (tertiary/aromatic N) is 2. The smallest absolute Gasteiger partial charge is 0.204 e. The van der Waals surface area contributed by atoms with Gasteiger partial charge in [0.25, 0.3) is 0 Å². The van der Waals surface area contributed by atoms with Crippen molar-refractivity contribution in [3.63, 3.8) is 0 Å². The van der Waals surface area contributed by atoms with E-state index in [0.717, 1.165) is 12.8 Å². The summed E-state index contributed by atoms with van der Waals surface area (Å²) in [6, 6.07) is 6.41.